The smallest absolute Gasteiger partial charge is 0.336 e. The Morgan fingerprint density at radius 1 is 1.17 bits per heavy atom. The van der Waals surface area contributed by atoms with Gasteiger partial charge in [-0.2, -0.15) is 0 Å². The molecule has 2 aromatic rings. The molecule has 0 saturated heterocycles. The lowest BCUT2D eigenvalue weighted by atomic mass is 10.1. The Bertz CT molecular complexity index is 778. The third-order valence-corrected chi connectivity index (χ3v) is 3.03. The van der Waals surface area contributed by atoms with Crippen molar-refractivity contribution in [1.82, 2.24) is 0 Å². The topological polar surface area (TPSA) is 86.5 Å². The third-order valence-electron chi connectivity index (χ3n) is 3.03. The van der Waals surface area contributed by atoms with E-state index in [0.29, 0.717) is 6.29 Å². The quantitative estimate of drug-likeness (QED) is 0.211. The van der Waals surface area contributed by atoms with Crippen LogP contribution in [0.5, 0.6) is 5.75 Å². The van der Waals surface area contributed by atoms with Gasteiger partial charge >= 0.3 is 5.97 Å². The molecule has 116 valence electrons. The van der Waals surface area contributed by atoms with Crippen molar-refractivity contribution in [2.24, 2.45) is 0 Å². The Balaban J connectivity index is 2.12. The van der Waals surface area contributed by atoms with Gasteiger partial charge in [0.25, 0.3) is 5.69 Å². The summed E-state index contributed by atoms with van der Waals surface area (Å²) in [5.74, 6) is -0.702. The number of carbonyl (C=O) groups excluding carboxylic acids is 2. The number of aryl methyl sites for hydroxylation is 1. The molecule has 0 N–H and O–H groups in total. The van der Waals surface area contributed by atoms with Crippen molar-refractivity contribution < 1.29 is 19.2 Å². The molecule has 0 unspecified atom stereocenters. The standard InChI is InChI=1S/C17H13NO5/c1-12-2-4-13(5-3-12)6-9-17(20)23-16-8-7-15(18(21)22)10-14(16)11-19/h2-11H,1H3. The van der Waals surface area contributed by atoms with E-state index in [9.17, 15) is 19.7 Å². The Morgan fingerprint density at radius 3 is 2.48 bits per heavy atom. The average molecular weight is 311 g/mol. The van der Waals surface area contributed by atoms with Gasteiger partial charge in [0.1, 0.15) is 5.75 Å². The molecular weight excluding hydrogens is 298 g/mol. The highest BCUT2D eigenvalue weighted by Crippen LogP contribution is 2.23. The molecule has 0 atom stereocenters. The maximum atomic E-state index is 11.8. The fourth-order valence-corrected chi connectivity index (χ4v) is 1.82. The molecule has 2 aromatic carbocycles. The van der Waals surface area contributed by atoms with Gasteiger partial charge in [-0.1, -0.05) is 29.8 Å². The van der Waals surface area contributed by atoms with Gasteiger partial charge in [0.15, 0.2) is 6.29 Å². The predicted molar refractivity (Wildman–Crippen MR) is 84.3 cm³/mol. The van der Waals surface area contributed by atoms with E-state index < -0.39 is 10.9 Å². The second-order valence-corrected chi connectivity index (χ2v) is 4.76. The minimum Gasteiger partial charge on any atom is -0.423 e. The SMILES string of the molecule is Cc1ccc(C=CC(=O)Oc2ccc([N+](=O)[O-])cc2C=O)cc1. The molecule has 0 aliphatic heterocycles. The van der Waals surface area contributed by atoms with Crippen molar-refractivity contribution >= 4 is 24.0 Å². The first-order valence-corrected chi connectivity index (χ1v) is 6.70. The van der Waals surface area contributed by atoms with Crippen molar-refractivity contribution in [3.63, 3.8) is 0 Å². The number of hydrogen-bond donors (Lipinski definition) is 0. The summed E-state index contributed by atoms with van der Waals surface area (Å²) in [4.78, 5) is 32.8. The molecule has 6 heteroatoms. The Kier molecular flexibility index (Phi) is 4.99. The maximum absolute atomic E-state index is 11.8. The van der Waals surface area contributed by atoms with E-state index >= 15 is 0 Å². The van der Waals surface area contributed by atoms with Crippen LogP contribution >= 0.6 is 0 Å². The third kappa shape index (κ3) is 4.34. The lowest BCUT2D eigenvalue weighted by Gasteiger charge is -2.04. The van der Waals surface area contributed by atoms with Crippen LogP contribution in [0, 0.1) is 17.0 Å². The van der Waals surface area contributed by atoms with Crippen LogP contribution in [0.1, 0.15) is 21.5 Å². The molecule has 0 saturated carbocycles. The molecule has 0 fully saturated rings. The first kappa shape index (κ1) is 16.1. The van der Waals surface area contributed by atoms with E-state index in [0.717, 1.165) is 17.2 Å². The number of benzene rings is 2. The largest absolute Gasteiger partial charge is 0.423 e. The van der Waals surface area contributed by atoms with E-state index in [2.05, 4.69) is 0 Å². The highest BCUT2D eigenvalue weighted by molar-refractivity contribution is 5.90. The Morgan fingerprint density at radius 2 is 1.87 bits per heavy atom. The van der Waals surface area contributed by atoms with Gasteiger partial charge < -0.3 is 4.74 Å². The molecule has 0 aromatic heterocycles. The summed E-state index contributed by atoms with van der Waals surface area (Å²) in [6.45, 7) is 1.96. The summed E-state index contributed by atoms with van der Waals surface area (Å²) < 4.78 is 5.04. The number of nitro groups is 1. The van der Waals surface area contributed by atoms with E-state index in [1.54, 1.807) is 6.08 Å². The van der Waals surface area contributed by atoms with Crippen molar-refractivity contribution in [1.29, 1.82) is 0 Å². The zero-order chi connectivity index (χ0) is 16.8. The lowest BCUT2D eigenvalue weighted by Crippen LogP contribution is -2.06. The van der Waals surface area contributed by atoms with Crippen LogP contribution < -0.4 is 4.74 Å². The molecule has 0 aliphatic carbocycles. The molecule has 23 heavy (non-hydrogen) atoms. The second-order valence-electron chi connectivity index (χ2n) is 4.76. The first-order chi connectivity index (χ1) is 11.0. The average Bonchev–Trinajstić information content (AvgIpc) is 2.54. The minimum absolute atomic E-state index is 0.0239. The maximum Gasteiger partial charge on any atom is 0.336 e. The van der Waals surface area contributed by atoms with Crippen LogP contribution in [0.3, 0.4) is 0 Å². The summed E-state index contributed by atoms with van der Waals surface area (Å²) in [5.41, 5.74) is 1.62. The summed E-state index contributed by atoms with van der Waals surface area (Å²) in [5, 5.41) is 10.7. The molecule has 0 heterocycles. The first-order valence-electron chi connectivity index (χ1n) is 6.70. The monoisotopic (exact) mass is 311 g/mol. The van der Waals surface area contributed by atoms with Crippen molar-refractivity contribution in [3.8, 4) is 5.75 Å². The van der Waals surface area contributed by atoms with E-state index in [1.807, 2.05) is 31.2 Å². The number of esters is 1. The van der Waals surface area contributed by atoms with Crippen LogP contribution in [0.2, 0.25) is 0 Å². The number of aldehydes is 1. The van der Waals surface area contributed by atoms with E-state index in [1.165, 1.54) is 18.2 Å². The van der Waals surface area contributed by atoms with E-state index in [-0.39, 0.29) is 17.0 Å². The summed E-state index contributed by atoms with van der Waals surface area (Å²) >= 11 is 0. The fraction of sp³-hybridized carbons (Fsp3) is 0.0588. The van der Waals surface area contributed by atoms with Crippen LogP contribution in [-0.4, -0.2) is 17.2 Å². The van der Waals surface area contributed by atoms with Gasteiger partial charge in [0.05, 0.1) is 10.5 Å². The van der Waals surface area contributed by atoms with Crippen LogP contribution in [0.25, 0.3) is 6.08 Å². The lowest BCUT2D eigenvalue weighted by molar-refractivity contribution is -0.384. The number of hydrogen-bond acceptors (Lipinski definition) is 5. The molecule has 0 amide bonds. The Labute approximate surface area is 132 Å². The second kappa shape index (κ2) is 7.13. The summed E-state index contributed by atoms with van der Waals surface area (Å²) in [7, 11) is 0. The van der Waals surface area contributed by atoms with Gasteiger partial charge in [-0.3, -0.25) is 14.9 Å². The van der Waals surface area contributed by atoms with Crippen molar-refractivity contribution in [3.05, 3.63) is 75.3 Å². The van der Waals surface area contributed by atoms with Gasteiger partial charge in [0, 0.05) is 18.2 Å². The number of carbonyl (C=O) groups is 2. The van der Waals surface area contributed by atoms with Gasteiger partial charge in [-0.05, 0) is 24.6 Å². The molecule has 0 spiro atoms. The minimum atomic E-state index is -0.678. The highest BCUT2D eigenvalue weighted by Gasteiger charge is 2.13. The zero-order valence-corrected chi connectivity index (χ0v) is 12.3. The zero-order valence-electron chi connectivity index (χ0n) is 12.3. The van der Waals surface area contributed by atoms with Crippen molar-refractivity contribution in [2.75, 3.05) is 0 Å². The number of rotatable bonds is 5. The molecule has 2 rings (SSSR count). The summed E-state index contributed by atoms with van der Waals surface area (Å²) in [6, 6.07) is 11.0. The fourth-order valence-electron chi connectivity index (χ4n) is 1.82. The summed E-state index contributed by atoms with van der Waals surface area (Å²) in [6.07, 6.45) is 3.20. The number of nitrogens with zero attached hydrogens (tertiary/aromatic N) is 1. The number of non-ortho nitro benzene ring substituents is 1. The van der Waals surface area contributed by atoms with Gasteiger partial charge in [0.2, 0.25) is 0 Å². The van der Waals surface area contributed by atoms with Gasteiger partial charge in [-0.15, -0.1) is 0 Å². The molecule has 6 nitrogen and oxygen atoms in total. The highest BCUT2D eigenvalue weighted by atomic mass is 16.6. The Hall–Kier alpha value is -3.28. The van der Waals surface area contributed by atoms with Crippen LogP contribution in [0.15, 0.2) is 48.5 Å². The molecular formula is C17H13NO5. The predicted octanol–water partition coefficient (Wildman–Crippen LogP) is 3.33. The van der Waals surface area contributed by atoms with Crippen LogP contribution in [0.4, 0.5) is 5.69 Å². The molecule has 0 aliphatic rings. The van der Waals surface area contributed by atoms with Gasteiger partial charge in [-0.25, -0.2) is 4.79 Å². The van der Waals surface area contributed by atoms with E-state index in [4.69, 9.17) is 4.74 Å². The van der Waals surface area contributed by atoms with Crippen LogP contribution in [-0.2, 0) is 4.79 Å². The number of nitro benzene ring substituents is 1. The number of ether oxygens (including phenoxy) is 1. The normalized spacial score (nSPS) is 10.5. The molecule has 0 radical (unpaired) electrons. The van der Waals surface area contributed by atoms with Crippen molar-refractivity contribution in [2.45, 2.75) is 6.92 Å². The molecule has 0 bridgehead atoms.